The minimum absolute atomic E-state index is 0.242. The van der Waals surface area contributed by atoms with Crippen molar-refractivity contribution in [2.24, 2.45) is 5.73 Å². The third-order valence-corrected chi connectivity index (χ3v) is 3.48. The topological polar surface area (TPSA) is 75.0 Å². The molecule has 2 aromatic rings. The summed E-state index contributed by atoms with van der Waals surface area (Å²) in [5, 5.41) is 0. The van der Waals surface area contributed by atoms with E-state index in [0.717, 1.165) is 11.3 Å². The predicted octanol–water partition coefficient (Wildman–Crippen LogP) is 1.46. The Labute approximate surface area is 106 Å². The normalized spacial score (nSPS) is 12.3. The lowest BCUT2D eigenvalue weighted by Crippen LogP contribution is -2.36. The maximum atomic E-state index is 11.4. The van der Waals surface area contributed by atoms with E-state index in [1.165, 1.54) is 0 Å². The molecule has 5 nitrogen and oxygen atoms in total. The Morgan fingerprint density at radius 3 is 2.61 bits per heavy atom. The lowest BCUT2D eigenvalue weighted by molar-refractivity contribution is 0.100. The van der Waals surface area contributed by atoms with E-state index in [9.17, 15) is 4.79 Å². The monoisotopic (exact) mass is 246 g/mol. The van der Waals surface area contributed by atoms with Crippen LogP contribution in [0.25, 0.3) is 11.0 Å². The summed E-state index contributed by atoms with van der Waals surface area (Å²) in [7, 11) is 3.98. The second-order valence-electron chi connectivity index (χ2n) is 5.10. The number of imidazole rings is 1. The molecule has 3 N–H and O–H groups in total. The molecule has 0 bridgehead atoms. The number of nitrogens with one attached hydrogen (secondary N) is 1. The van der Waals surface area contributed by atoms with Gasteiger partial charge in [0.05, 0.1) is 16.6 Å². The minimum Gasteiger partial charge on any atom is -0.366 e. The highest BCUT2D eigenvalue weighted by Crippen LogP contribution is 2.26. The van der Waals surface area contributed by atoms with Crippen LogP contribution < -0.4 is 5.73 Å². The van der Waals surface area contributed by atoms with Gasteiger partial charge in [0, 0.05) is 0 Å². The number of amides is 1. The molecule has 0 saturated carbocycles. The van der Waals surface area contributed by atoms with Crippen molar-refractivity contribution in [1.29, 1.82) is 0 Å². The Hall–Kier alpha value is -1.88. The van der Waals surface area contributed by atoms with Crippen LogP contribution in [0.5, 0.6) is 0 Å². The number of primary amides is 1. The number of aromatic amines is 1. The molecule has 0 atom stereocenters. The third kappa shape index (κ3) is 1.86. The average molecular weight is 246 g/mol. The Kier molecular flexibility index (Phi) is 2.86. The molecular weight excluding hydrogens is 228 g/mol. The van der Waals surface area contributed by atoms with E-state index in [1.807, 2.05) is 20.2 Å². The number of benzene rings is 1. The highest BCUT2D eigenvalue weighted by molar-refractivity contribution is 6.04. The number of aromatic nitrogens is 2. The smallest absolute Gasteiger partial charge is 0.250 e. The van der Waals surface area contributed by atoms with Crippen molar-refractivity contribution in [3.8, 4) is 0 Å². The molecule has 1 heterocycles. The van der Waals surface area contributed by atoms with Crippen LogP contribution in [-0.2, 0) is 5.54 Å². The Morgan fingerprint density at radius 2 is 2.06 bits per heavy atom. The summed E-state index contributed by atoms with van der Waals surface area (Å²) in [4.78, 5) is 21.2. The second kappa shape index (κ2) is 4.10. The highest BCUT2D eigenvalue weighted by atomic mass is 16.1. The van der Waals surface area contributed by atoms with E-state index >= 15 is 0 Å². The number of hydrogen-bond donors (Lipinski definition) is 2. The lowest BCUT2D eigenvalue weighted by atomic mass is 10.0. The molecule has 0 radical (unpaired) electrons. The van der Waals surface area contributed by atoms with Crippen molar-refractivity contribution in [1.82, 2.24) is 14.9 Å². The Balaban J connectivity index is 2.65. The van der Waals surface area contributed by atoms with Gasteiger partial charge in [0.1, 0.15) is 11.3 Å². The van der Waals surface area contributed by atoms with Crippen LogP contribution in [0.4, 0.5) is 0 Å². The van der Waals surface area contributed by atoms with Gasteiger partial charge in [0.2, 0.25) is 0 Å². The molecule has 0 spiro atoms. The fraction of sp³-hybridized carbons (Fsp3) is 0.385. The number of H-pyrrole nitrogens is 1. The zero-order valence-electron chi connectivity index (χ0n) is 11.1. The molecular formula is C13H18N4O. The summed E-state index contributed by atoms with van der Waals surface area (Å²) in [5.74, 6) is 0.359. The summed E-state index contributed by atoms with van der Waals surface area (Å²) in [6.07, 6.45) is 0. The summed E-state index contributed by atoms with van der Waals surface area (Å²) < 4.78 is 0. The maximum Gasteiger partial charge on any atom is 0.250 e. The zero-order chi connectivity index (χ0) is 13.5. The zero-order valence-corrected chi connectivity index (χ0v) is 11.1. The summed E-state index contributed by atoms with van der Waals surface area (Å²) >= 11 is 0. The van der Waals surface area contributed by atoms with Crippen LogP contribution in [0.3, 0.4) is 0 Å². The van der Waals surface area contributed by atoms with Gasteiger partial charge in [-0.05, 0) is 40.1 Å². The van der Waals surface area contributed by atoms with E-state index in [-0.39, 0.29) is 5.54 Å². The van der Waals surface area contributed by atoms with Gasteiger partial charge in [-0.25, -0.2) is 4.98 Å². The number of carbonyl (C=O) groups excluding carboxylic acids is 1. The van der Waals surface area contributed by atoms with Crippen molar-refractivity contribution in [2.75, 3.05) is 14.1 Å². The predicted molar refractivity (Wildman–Crippen MR) is 71.3 cm³/mol. The molecule has 5 heteroatoms. The maximum absolute atomic E-state index is 11.4. The van der Waals surface area contributed by atoms with Gasteiger partial charge < -0.3 is 10.7 Å². The van der Waals surface area contributed by atoms with E-state index in [0.29, 0.717) is 11.1 Å². The van der Waals surface area contributed by atoms with Crippen LogP contribution in [0.1, 0.15) is 30.0 Å². The minimum atomic E-state index is -0.457. The van der Waals surface area contributed by atoms with Crippen LogP contribution >= 0.6 is 0 Å². The van der Waals surface area contributed by atoms with E-state index < -0.39 is 5.91 Å². The van der Waals surface area contributed by atoms with Crippen molar-refractivity contribution in [3.05, 3.63) is 29.6 Å². The summed E-state index contributed by atoms with van der Waals surface area (Å²) in [6, 6.07) is 5.38. The van der Waals surface area contributed by atoms with Crippen LogP contribution in [0.15, 0.2) is 18.2 Å². The molecule has 2 rings (SSSR count). The number of carbonyl (C=O) groups is 1. The van der Waals surface area contributed by atoms with Gasteiger partial charge in [-0.3, -0.25) is 9.69 Å². The standard InChI is InChI=1S/C13H18N4O/c1-13(2,17(3)4)12-15-9-7-5-6-8(11(14)18)10(9)16-12/h5-7H,1-4H3,(H2,14,18)(H,15,16). The quantitative estimate of drug-likeness (QED) is 0.861. The summed E-state index contributed by atoms with van der Waals surface area (Å²) in [5.41, 5.74) is 7.03. The number of hydrogen-bond acceptors (Lipinski definition) is 3. The molecule has 0 saturated heterocycles. The molecule has 1 aromatic carbocycles. The fourth-order valence-corrected chi connectivity index (χ4v) is 1.73. The first-order chi connectivity index (χ1) is 8.34. The van der Waals surface area contributed by atoms with Crippen molar-refractivity contribution < 1.29 is 4.79 Å². The van der Waals surface area contributed by atoms with Crippen LogP contribution in [-0.4, -0.2) is 34.9 Å². The first-order valence-corrected chi connectivity index (χ1v) is 5.80. The number of rotatable bonds is 3. The average Bonchev–Trinajstić information content (AvgIpc) is 2.72. The molecule has 0 fully saturated rings. The number of fused-ring (bicyclic) bond motifs is 1. The summed E-state index contributed by atoms with van der Waals surface area (Å²) in [6.45, 7) is 4.13. The van der Waals surface area contributed by atoms with E-state index in [2.05, 4.69) is 28.7 Å². The van der Waals surface area contributed by atoms with Crippen LogP contribution in [0.2, 0.25) is 0 Å². The molecule has 18 heavy (non-hydrogen) atoms. The van der Waals surface area contributed by atoms with Crippen molar-refractivity contribution in [3.63, 3.8) is 0 Å². The van der Waals surface area contributed by atoms with E-state index in [1.54, 1.807) is 12.1 Å². The van der Waals surface area contributed by atoms with Crippen molar-refractivity contribution in [2.45, 2.75) is 19.4 Å². The fourth-order valence-electron chi connectivity index (χ4n) is 1.73. The SMILES string of the molecule is CN(C)C(C)(C)c1nc2c(C(N)=O)cccc2[nH]1. The molecule has 1 amide bonds. The number of para-hydroxylation sites is 1. The molecule has 96 valence electrons. The van der Waals surface area contributed by atoms with Gasteiger partial charge in [-0.1, -0.05) is 6.07 Å². The Bertz CT molecular complexity index is 598. The first kappa shape index (κ1) is 12.6. The van der Waals surface area contributed by atoms with Crippen LogP contribution in [0, 0.1) is 0 Å². The molecule has 0 aliphatic heterocycles. The van der Waals surface area contributed by atoms with Gasteiger partial charge in [0.15, 0.2) is 0 Å². The molecule has 0 unspecified atom stereocenters. The first-order valence-electron chi connectivity index (χ1n) is 5.80. The number of nitrogens with two attached hydrogens (primary N) is 1. The largest absolute Gasteiger partial charge is 0.366 e. The van der Waals surface area contributed by atoms with Gasteiger partial charge in [0.25, 0.3) is 5.91 Å². The highest BCUT2D eigenvalue weighted by Gasteiger charge is 2.27. The second-order valence-corrected chi connectivity index (χ2v) is 5.10. The molecule has 0 aliphatic carbocycles. The van der Waals surface area contributed by atoms with Crippen molar-refractivity contribution >= 4 is 16.9 Å². The third-order valence-electron chi connectivity index (χ3n) is 3.48. The van der Waals surface area contributed by atoms with E-state index in [4.69, 9.17) is 5.73 Å². The van der Waals surface area contributed by atoms with Gasteiger partial charge in [-0.15, -0.1) is 0 Å². The molecule has 1 aromatic heterocycles. The number of nitrogens with zero attached hydrogens (tertiary/aromatic N) is 2. The molecule has 0 aliphatic rings. The van der Waals surface area contributed by atoms with Gasteiger partial charge in [-0.2, -0.15) is 0 Å². The van der Waals surface area contributed by atoms with Gasteiger partial charge >= 0.3 is 0 Å². The lowest BCUT2D eigenvalue weighted by Gasteiger charge is -2.30. The Morgan fingerprint density at radius 1 is 1.39 bits per heavy atom.